The minimum Gasteiger partial charge on any atom is -0.324 e. The fraction of sp³-hybridized carbons (Fsp3) is 0.125. The van der Waals surface area contributed by atoms with Gasteiger partial charge in [-0.2, -0.15) is 0 Å². The lowest BCUT2D eigenvalue weighted by Crippen LogP contribution is -2.23. The third kappa shape index (κ3) is 4.53. The largest absolute Gasteiger partial charge is 0.324 e. The average Bonchev–Trinajstić information content (AvgIpc) is 2.78. The van der Waals surface area contributed by atoms with E-state index in [1.807, 2.05) is 44.2 Å². The van der Waals surface area contributed by atoms with E-state index >= 15 is 0 Å². The molecule has 0 aliphatic carbocycles. The zero-order chi connectivity index (χ0) is 22.8. The van der Waals surface area contributed by atoms with E-state index in [1.54, 1.807) is 34.9 Å². The standard InChI is InChI=1S/C24H19Cl2N3O2S/c1-14-10-11-16(12-15(14)2)29-23(31)17-6-3-4-8-19(17)28-24(29)32-13-21(30)27-20-9-5-7-18(25)22(20)26/h3-12H,13H2,1-2H3,(H,27,30). The number of aryl methyl sites for hydroxylation is 2. The van der Waals surface area contributed by atoms with Gasteiger partial charge in [-0.3, -0.25) is 14.2 Å². The number of amides is 1. The molecule has 0 bridgehead atoms. The molecule has 1 amide bonds. The number of halogens is 2. The summed E-state index contributed by atoms with van der Waals surface area (Å²) in [6.45, 7) is 4.01. The molecule has 0 saturated heterocycles. The molecular formula is C24H19Cl2N3O2S. The molecule has 0 spiro atoms. The molecule has 0 radical (unpaired) electrons. The number of benzene rings is 3. The highest BCUT2D eigenvalue weighted by Crippen LogP contribution is 2.30. The van der Waals surface area contributed by atoms with E-state index in [1.165, 1.54) is 11.8 Å². The van der Waals surface area contributed by atoms with Crippen LogP contribution in [0.2, 0.25) is 10.0 Å². The lowest BCUT2D eigenvalue weighted by Gasteiger charge is -2.14. The maximum Gasteiger partial charge on any atom is 0.266 e. The minimum absolute atomic E-state index is 0.0401. The fourth-order valence-electron chi connectivity index (χ4n) is 3.22. The van der Waals surface area contributed by atoms with Crippen molar-refractivity contribution < 1.29 is 4.79 Å². The monoisotopic (exact) mass is 483 g/mol. The fourth-order valence-corrected chi connectivity index (χ4v) is 4.38. The second-order valence-corrected chi connectivity index (χ2v) is 8.99. The van der Waals surface area contributed by atoms with Crippen molar-refractivity contribution in [2.75, 3.05) is 11.1 Å². The van der Waals surface area contributed by atoms with Gasteiger partial charge in [-0.15, -0.1) is 0 Å². The molecule has 1 aromatic heterocycles. The van der Waals surface area contributed by atoms with Gasteiger partial charge in [0, 0.05) is 0 Å². The number of fused-ring (bicyclic) bond motifs is 1. The highest BCUT2D eigenvalue weighted by molar-refractivity contribution is 7.99. The summed E-state index contributed by atoms with van der Waals surface area (Å²) in [5, 5.41) is 4.35. The van der Waals surface area contributed by atoms with Gasteiger partial charge in [0.25, 0.3) is 5.56 Å². The topological polar surface area (TPSA) is 64.0 Å². The van der Waals surface area contributed by atoms with Gasteiger partial charge in [0.1, 0.15) is 0 Å². The molecule has 0 saturated carbocycles. The summed E-state index contributed by atoms with van der Waals surface area (Å²) in [5.74, 6) is -0.244. The van der Waals surface area contributed by atoms with Crippen molar-refractivity contribution in [2.24, 2.45) is 0 Å². The first-order valence-corrected chi connectivity index (χ1v) is 11.6. The summed E-state index contributed by atoms with van der Waals surface area (Å²) in [4.78, 5) is 30.6. The molecule has 8 heteroatoms. The number of hydrogen-bond donors (Lipinski definition) is 1. The van der Waals surface area contributed by atoms with Gasteiger partial charge in [-0.1, -0.05) is 59.2 Å². The lowest BCUT2D eigenvalue weighted by atomic mass is 10.1. The predicted octanol–water partition coefficient (Wildman–Crippen LogP) is 6.04. The van der Waals surface area contributed by atoms with Crippen LogP contribution >= 0.6 is 35.0 Å². The maximum absolute atomic E-state index is 13.3. The Morgan fingerprint density at radius 1 is 1.03 bits per heavy atom. The van der Waals surface area contributed by atoms with E-state index < -0.39 is 0 Å². The van der Waals surface area contributed by atoms with Crippen LogP contribution in [0.5, 0.6) is 0 Å². The molecule has 1 N–H and O–H groups in total. The summed E-state index contributed by atoms with van der Waals surface area (Å²) in [6.07, 6.45) is 0. The Morgan fingerprint density at radius 2 is 1.81 bits per heavy atom. The van der Waals surface area contributed by atoms with Crippen LogP contribution in [0.4, 0.5) is 5.69 Å². The number of carbonyl (C=O) groups is 1. The molecule has 0 unspecified atom stereocenters. The van der Waals surface area contributed by atoms with Crippen LogP contribution in [0.3, 0.4) is 0 Å². The normalized spacial score (nSPS) is 11.0. The zero-order valence-corrected chi connectivity index (χ0v) is 19.7. The summed E-state index contributed by atoms with van der Waals surface area (Å²) in [7, 11) is 0. The number of anilines is 1. The van der Waals surface area contributed by atoms with Crippen LogP contribution in [0.15, 0.2) is 70.6 Å². The SMILES string of the molecule is Cc1ccc(-n2c(SCC(=O)Nc3cccc(Cl)c3Cl)nc3ccccc3c2=O)cc1C. The molecule has 32 heavy (non-hydrogen) atoms. The van der Waals surface area contributed by atoms with Gasteiger partial charge >= 0.3 is 0 Å². The molecule has 5 nitrogen and oxygen atoms in total. The number of rotatable bonds is 5. The smallest absolute Gasteiger partial charge is 0.266 e. The van der Waals surface area contributed by atoms with Crippen LogP contribution in [0.25, 0.3) is 16.6 Å². The number of nitrogens with one attached hydrogen (secondary N) is 1. The number of aromatic nitrogens is 2. The molecule has 0 fully saturated rings. The average molecular weight is 484 g/mol. The lowest BCUT2D eigenvalue weighted by molar-refractivity contribution is -0.113. The first-order valence-electron chi connectivity index (χ1n) is 9.81. The first kappa shape index (κ1) is 22.4. The molecule has 162 valence electrons. The number of carbonyl (C=O) groups excluding carboxylic acids is 1. The van der Waals surface area contributed by atoms with Crippen LogP contribution in [0, 0.1) is 13.8 Å². The van der Waals surface area contributed by atoms with Crippen molar-refractivity contribution >= 4 is 57.5 Å². The van der Waals surface area contributed by atoms with Crippen molar-refractivity contribution in [3.8, 4) is 5.69 Å². The number of nitrogens with zero attached hydrogens (tertiary/aromatic N) is 2. The molecule has 4 aromatic rings. The molecule has 0 aliphatic heterocycles. The molecule has 3 aromatic carbocycles. The number of para-hydroxylation sites is 1. The second-order valence-electron chi connectivity index (χ2n) is 7.26. The van der Waals surface area contributed by atoms with Gasteiger partial charge in [0.2, 0.25) is 5.91 Å². The van der Waals surface area contributed by atoms with E-state index in [0.29, 0.717) is 32.5 Å². The van der Waals surface area contributed by atoms with E-state index in [-0.39, 0.29) is 22.2 Å². The number of hydrogen-bond acceptors (Lipinski definition) is 4. The number of thioether (sulfide) groups is 1. The highest BCUT2D eigenvalue weighted by Gasteiger charge is 2.16. The zero-order valence-electron chi connectivity index (χ0n) is 17.4. The van der Waals surface area contributed by atoms with E-state index in [2.05, 4.69) is 10.3 Å². The van der Waals surface area contributed by atoms with Crippen molar-refractivity contribution in [1.82, 2.24) is 9.55 Å². The Hall–Kier alpha value is -2.80. The molecule has 4 rings (SSSR count). The Bertz CT molecular complexity index is 1400. The van der Waals surface area contributed by atoms with E-state index in [4.69, 9.17) is 23.2 Å². The van der Waals surface area contributed by atoms with Crippen molar-refractivity contribution in [3.05, 3.63) is 92.2 Å². The molecule has 0 aliphatic rings. The quantitative estimate of drug-likeness (QED) is 0.277. The van der Waals surface area contributed by atoms with E-state index in [9.17, 15) is 9.59 Å². The summed E-state index contributed by atoms with van der Waals surface area (Å²) >= 11 is 13.4. The first-order chi connectivity index (χ1) is 15.3. The van der Waals surface area contributed by atoms with Crippen molar-refractivity contribution in [2.45, 2.75) is 19.0 Å². The Morgan fingerprint density at radius 3 is 2.59 bits per heavy atom. The van der Waals surface area contributed by atoms with Gasteiger partial charge in [0.05, 0.1) is 38.1 Å². The van der Waals surface area contributed by atoms with Gasteiger partial charge in [-0.25, -0.2) is 4.98 Å². The highest BCUT2D eigenvalue weighted by atomic mass is 35.5. The Labute approximate surface area is 199 Å². The molecular weight excluding hydrogens is 465 g/mol. The minimum atomic E-state index is -0.284. The van der Waals surface area contributed by atoms with Crippen molar-refractivity contribution in [1.29, 1.82) is 0 Å². The summed E-state index contributed by atoms with van der Waals surface area (Å²) < 4.78 is 1.55. The predicted molar refractivity (Wildman–Crippen MR) is 133 cm³/mol. The van der Waals surface area contributed by atoms with Crippen molar-refractivity contribution in [3.63, 3.8) is 0 Å². The van der Waals surface area contributed by atoms with Crippen LogP contribution in [-0.2, 0) is 4.79 Å². The Balaban J connectivity index is 1.69. The summed E-state index contributed by atoms with van der Waals surface area (Å²) in [6, 6.07) is 18.0. The van der Waals surface area contributed by atoms with Crippen LogP contribution in [-0.4, -0.2) is 21.2 Å². The maximum atomic E-state index is 13.3. The summed E-state index contributed by atoms with van der Waals surface area (Å²) in [5.41, 5.74) is 3.73. The van der Waals surface area contributed by atoms with E-state index in [0.717, 1.165) is 11.1 Å². The third-order valence-corrected chi connectivity index (χ3v) is 6.81. The third-order valence-electron chi connectivity index (χ3n) is 5.05. The van der Waals surface area contributed by atoms with Crippen LogP contribution in [0.1, 0.15) is 11.1 Å². The molecule has 0 atom stereocenters. The molecule has 1 heterocycles. The van der Waals surface area contributed by atoms with Gasteiger partial charge < -0.3 is 5.32 Å². The van der Waals surface area contributed by atoms with Gasteiger partial charge in [0.15, 0.2) is 5.16 Å². The second kappa shape index (κ2) is 9.36. The van der Waals surface area contributed by atoms with Crippen LogP contribution < -0.4 is 10.9 Å². The Kier molecular flexibility index (Phi) is 6.55. The van der Waals surface area contributed by atoms with Gasteiger partial charge in [-0.05, 0) is 61.4 Å².